The number of rotatable bonds is 8. The summed E-state index contributed by atoms with van der Waals surface area (Å²) in [6.07, 6.45) is 0. The first kappa shape index (κ1) is 21.6. The van der Waals surface area contributed by atoms with Crippen molar-refractivity contribution in [3.8, 4) is 0 Å². The summed E-state index contributed by atoms with van der Waals surface area (Å²) in [5.74, 6) is 0.799. The number of hydrogen-bond acceptors (Lipinski definition) is 4. The van der Waals surface area contributed by atoms with Gasteiger partial charge in [0.1, 0.15) is 0 Å². The van der Waals surface area contributed by atoms with E-state index in [1.807, 2.05) is 49.4 Å². The van der Waals surface area contributed by atoms with Crippen molar-refractivity contribution in [3.05, 3.63) is 65.7 Å². The van der Waals surface area contributed by atoms with E-state index in [2.05, 4.69) is 38.0 Å². The highest BCUT2D eigenvalue weighted by molar-refractivity contribution is 5.82. The van der Waals surface area contributed by atoms with Crippen molar-refractivity contribution in [2.75, 3.05) is 44.2 Å². The number of aliphatic imine (C=N–C) groups is 1. The number of aliphatic hydroxyl groups excluding tert-OH is 1. The lowest BCUT2D eigenvalue weighted by atomic mass is 10.0. The van der Waals surface area contributed by atoms with Crippen LogP contribution in [0.25, 0.3) is 0 Å². The molecule has 7 heteroatoms. The molecule has 2 aromatic carbocycles. The molecule has 1 aliphatic heterocycles. The van der Waals surface area contributed by atoms with E-state index < -0.39 is 0 Å². The number of carbonyl (C=O) groups is 1. The predicted molar refractivity (Wildman–Crippen MR) is 121 cm³/mol. The molecule has 1 fully saturated rings. The summed E-state index contributed by atoms with van der Waals surface area (Å²) in [7, 11) is 0. The van der Waals surface area contributed by atoms with Crippen LogP contribution in [0.15, 0.2) is 59.6 Å². The first-order valence-electron chi connectivity index (χ1n) is 10.5. The minimum atomic E-state index is 0.0103. The van der Waals surface area contributed by atoms with Gasteiger partial charge in [-0.25, -0.2) is 4.99 Å². The summed E-state index contributed by atoms with van der Waals surface area (Å²) in [6.45, 7) is 5.92. The van der Waals surface area contributed by atoms with Gasteiger partial charge in [-0.05, 0) is 30.2 Å². The fourth-order valence-electron chi connectivity index (χ4n) is 3.42. The van der Waals surface area contributed by atoms with Crippen LogP contribution in [0.4, 0.5) is 5.69 Å². The van der Waals surface area contributed by atoms with Gasteiger partial charge in [0.05, 0.1) is 19.7 Å². The quantitative estimate of drug-likeness (QED) is 0.392. The van der Waals surface area contributed by atoms with E-state index >= 15 is 0 Å². The Bertz CT molecular complexity index is 823. The van der Waals surface area contributed by atoms with E-state index in [0.29, 0.717) is 26.2 Å². The third-order valence-corrected chi connectivity index (χ3v) is 5.11. The highest BCUT2D eigenvalue weighted by atomic mass is 16.3. The number of hydrogen-bond donors (Lipinski definition) is 4. The van der Waals surface area contributed by atoms with Crippen molar-refractivity contribution in [1.29, 1.82) is 0 Å². The molecule has 1 heterocycles. The van der Waals surface area contributed by atoms with Crippen LogP contribution in [0.3, 0.4) is 0 Å². The van der Waals surface area contributed by atoms with Crippen LogP contribution < -0.4 is 20.9 Å². The van der Waals surface area contributed by atoms with Crippen LogP contribution >= 0.6 is 0 Å². The largest absolute Gasteiger partial charge is 0.396 e. The molecule has 1 saturated heterocycles. The standard InChI is InChI=1S/C23H31N5O2/c1-2-24-23(27-15-20(17-29)19-6-4-3-5-7-19)26-14-18-8-10-21(11-9-18)28-13-12-25-22(30)16-28/h3-11,20,29H,2,12-17H2,1H3,(H,25,30)(H2,24,26,27). The van der Waals surface area contributed by atoms with Gasteiger partial charge in [0.25, 0.3) is 0 Å². The van der Waals surface area contributed by atoms with E-state index in [0.717, 1.165) is 35.9 Å². The lowest BCUT2D eigenvalue weighted by molar-refractivity contribution is -0.120. The minimum absolute atomic E-state index is 0.0103. The van der Waals surface area contributed by atoms with Gasteiger partial charge in [-0.1, -0.05) is 42.5 Å². The molecule has 0 radical (unpaired) electrons. The first-order chi connectivity index (χ1) is 14.7. The molecule has 3 rings (SSSR count). The van der Waals surface area contributed by atoms with Crippen LogP contribution in [0.5, 0.6) is 0 Å². The maximum Gasteiger partial charge on any atom is 0.239 e. The lowest BCUT2D eigenvalue weighted by Gasteiger charge is -2.28. The Balaban J connectivity index is 1.58. The molecule has 1 amide bonds. The van der Waals surface area contributed by atoms with Crippen molar-refractivity contribution in [2.24, 2.45) is 4.99 Å². The fraction of sp³-hybridized carbons (Fsp3) is 0.391. The Morgan fingerprint density at radius 3 is 2.60 bits per heavy atom. The average Bonchev–Trinajstić information content (AvgIpc) is 2.79. The monoisotopic (exact) mass is 409 g/mol. The molecule has 0 spiro atoms. The molecule has 0 aliphatic carbocycles. The molecule has 7 nitrogen and oxygen atoms in total. The fourth-order valence-corrected chi connectivity index (χ4v) is 3.42. The summed E-state index contributed by atoms with van der Waals surface area (Å²) >= 11 is 0. The van der Waals surface area contributed by atoms with Crippen LogP contribution in [0.1, 0.15) is 24.0 Å². The van der Waals surface area contributed by atoms with Crippen molar-refractivity contribution < 1.29 is 9.90 Å². The smallest absolute Gasteiger partial charge is 0.239 e. The molecule has 2 aromatic rings. The van der Waals surface area contributed by atoms with Crippen LogP contribution in [0.2, 0.25) is 0 Å². The second kappa shape index (κ2) is 11.2. The molecule has 4 N–H and O–H groups in total. The zero-order chi connectivity index (χ0) is 21.2. The van der Waals surface area contributed by atoms with Gasteiger partial charge in [-0.2, -0.15) is 0 Å². The number of guanidine groups is 1. The molecule has 1 unspecified atom stereocenters. The number of carbonyl (C=O) groups excluding carboxylic acids is 1. The Morgan fingerprint density at radius 2 is 1.93 bits per heavy atom. The Kier molecular flexibility index (Phi) is 8.09. The molecule has 30 heavy (non-hydrogen) atoms. The molecular formula is C23H31N5O2. The number of amides is 1. The molecule has 1 aliphatic rings. The zero-order valence-corrected chi connectivity index (χ0v) is 17.5. The molecule has 0 aromatic heterocycles. The molecular weight excluding hydrogens is 378 g/mol. The summed E-state index contributed by atoms with van der Waals surface area (Å²) < 4.78 is 0. The van der Waals surface area contributed by atoms with E-state index in [-0.39, 0.29) is 18.4 Å². The van der Waals surface area contributed by atoms with Crippen molar-refractivity contribution >= 4 is 17.6 Å². The van der Waals surface area contributed by atoms with Crippen molar-refractivity contribution in [3.63, 3.8) is 0 Å². The summed E-state index contributed by atoms with van der Waals surface area (Å²) in [5.41, 5.74) is 3.25. The number of anilines is 1. The maximum atomic E-state index is 11.6. The van der Waals surface area contributed by atoms with Gasteiger partial charge < -0.3 is 26.0 Å². The highest BCUT2D eigenvalue weighted by Crippen LogP contribution is 2.17. The number of nitrogens with zero attached hydrogens (tertiary/aromatic N) is 2. The van der Waals surface area contributed by atoms with Crippen molar-refractivity contribution in [2.45, 2.75) is 19.4 Å². The predicted octanol–water partition coefficient (Wildman–Crippen LogP) is 1.45. The summed E-state index contributed by atoms with van der Waals surface area (Å²) in [5, 5.41) is 19.2. The van der Waals surface area contributed by atoms with E-state index in [4.69, 9.17) is 0 Å². The summed E-state index contributed by atoms with van der Waals surface area (Å²) in [4.78, 5) is 18.3. The van der Waals surface area contributed by atoms with Gasteiger partial charge in [0.15, 0.2) is 5.96 Å². The minimum Gasteiger partial charge on any atom is -0.396 e. The Labute approximate surface area is 178 Å². The van der Waals surface area contributed by atoms with E-state index in [1.54, 1.807) is 0 Å². The topological polar surface area (TPSA) is 89.0 Å². The Hall–Kier alpha value is -3.06. The van der Waals surface area contributed by atoms with Gasteiger partial charge in [-0.15, -0.1) is 0 Å². The third-order valence-electron chi connectivity index (χ3n) is 5.11. The van der Waals surface area contributed by atoms with Crippen LogP contribution in [-0.4, -0.2) is 56.3 Å². The van der Waals surface area contributed by atoms with Crippen LogP contribution in [-0.2, 0) is 11.3 Å². The second-order valence-electron chi connectivity index (χ2n) is 7.30. The van der Waals surface area contributed by atoms with Gasteiger partial charge in [0.2, 0.25) is 5.91 Å². The van der Waals surface area contributed by atoms with Gasteiger partial charge >= 0.3 is 0 Å². The maximum absolute atomic E-state index is 11.6. The first-order valence-corrected chi connectivity index (χ1v) is 10.5. The van der Waals surface area contributed by atoms with Gasteiger partial charge in [0, 0.05) is 37.8 Å². The van der Waals surface area contributed by atoms with Crippen molar-refractivity contribution in [1.82, 2.24) is 16.0 Å². The van der Waals surface area contributed by atoms with E-state index in [1.165, 1.54) is 0 Å². The summed E-state index contributed by atoms with van der Waals surface area (Å²) in [6, 6.07) is 18.2. The number of aliphatic hydroxyl groups is 1. The number of nitrogens with one attached hydrogen (secondary N) is 3. The number of benzene rings is 2. The molecule has 1 atom stereocenters. The number of piperazine rings is 1. The highest BCUT2D eigenvalue weighted by Gasteiger charge is 2.16. The van der Waals surface area contributed by atoms with Gasteiger partial charge in [-0.3, -0.25) is 4.79 Å². The normalized spacial score (nSPS) is 15.5. The lowest BCUT2D eigenvalue weighted by Crippen LogP contribution is -2.47. The SMILES string of the molecule is CCNC(=NCc1ccc(N2CCNC(=O)C2)cc1)NCC(CO)c1ccccc1. The third kappa shape index (κ3) is 6.22. The second-order valence-corrected chi connectivity index (χ2v) is 7.30. The molecule has 0 saturated carbocycles. The molecule has 0 bridgehead atoms. The van der Waals surface area contributed by atoms with E-state index in [9.17, 15) is 9.90 Å². The molecule has 160 valence electrons. The van der Waals surface area contributed by atoms with Crippen LogP contribution in [0, 0.1) is 0 Å². The zero-order valence-electron chi connectivity index (χ0n) is 17.5. The average molecular weight is 410 g/mol. The Morgan fingerprint density at radius 1 is 1.17 bits per heavy atom.